The second-order valence-corrected chi connectivity index (χ2v) is 6.45. The number of anilines is 1. The number of pyridine rings is 1. The molecule has 0 saturated carbocycles. The van der Waals surface area contributed by atoms with Gasteiger partial charge in [0, 0.05) is 37.6 Å². The number of nitrogens with zero attached hydrogens (tertiary/aromatic N) is 2. The fraction of sp³-hybridized carbons (Fsp3) is 0.190. The first-order valence-electron chi connectivity index (χ1n) is 8.95. The Bertz CT molecular complexity index is 974. The van der Waals surface area contributed by atoms with Crippen molar-refractivity contribution in [1.82, 2.24) is 20.2 Å². The van der Waals surface area contributed by atoms with Crippen LogP contribution in [-0.2, 0) is 4.79 Å². The van der Waals surface area contributed by atoms with Crippen LogP contribution in [0.15, 0.2) is 54.7 Å². The molecule has 0 aliphatic carbocycles. The van der Waals surface area contributed by atoms with Crippen molar-refractivity contribution in [3.8, 4) is 0 Å². The van der Waals surface area contributed by atoms with Gasteiger partial charge in [-0.15, -0.1) is 0 Å². The fourth-order valence-electron chi connectivity index (χ4n) is 2.76. The van der Waals surface area contributed by atoms with Crippen LogP contribution in [-0.4, -0.2) is 40.9 Å². The van der Waals surface area contributed by atoms with Crippen molar-refractivity contribution in [2.45, 2.75) is 13.0 Å². The van der Waals surface area contributed by atoms with Crippen molar-refractivity contribution in [2.75, 3.05) is 19.4 Å². The maximum Gasteiger partial charge on any atom is 0.320 e. The highest BCUT2D eigenvalue weighted by Crippen LogP contribution is 2.23. The highest BCUT2D eigenvalue weighted by molar-refractivity contribution is 5.92. The summed E-state index contributed by atoms with van der Waals surface area (Å²) in [6.07, 6.45) is 4.81. The van der Waals surface area contributed by atoms with Crippen LogP contribution < -0.4 is 10.6 Å². The van der Waals surface area contributed by atoms with E-state index in [4.69, 9.17) is 0 Å². The van der Waals surface area contributed by atoms with Crippen LogP contribution in [0.5, 0.6) is 0 Å². The molecule has 7 nitrogen and oxygen atoms in total. The summed E-state index contributed by atoms with van der Waals surface area (Å²) in [6, 6.07) is 13.1. The first kappa shape index (κ1) is 19.2. The number of benzene rings is 1. The van der Waals surface area contributed by atoms with Crippen LogP contribution in [0.3, 0.4) is 0 Å². The molecule has 1 aromatic carbocycles. The zero-order valence-electron chi connectivity index (χ0n) is 16.1. The van der Waals surface area contributed by atoms with Gasteiger partial charge in [-0.05, 0) is 48.2 Å². The first-order valence-corrected chi connectivity index (χ1v) is 8.95. The van der Waals surface area contributed by atoms with Crippen LogP contribution in [0.1, 0.15) is 24.2 Å². The zero-order valence-corrected chi connectivity index (χ0v) is 16.1. The number of hydrogen-bond donors (Lipinski definition) is 3. The molecule has 1 atom stereocenters. The van der Waals surface area contributed by atoms with E-state index in [0.717, 1.165) is 22.2 Å². The summed E-state index contributed by atoms with van der Waals surface area (Å²) in [5.74, 6) is 0.325. The van der Waals surface area contributed by atoms with Crippen LogP contribution in [0.4, 0.5) is 10.6 Å². The van der Waals surface area contributed by atoms with E-state index >= 15 is 0 Å². The van der Waals surface area contributed by atoms with Gasteiger partial charge in [-0.25, -0.2) is 9.78 Å². The summed E-state index contributed by atoms with van der Waals surface area (Å²) in [7, 11) is 3.31. The smallest absolute Gasteiger partial charge is 0.320 e. The SMILES string of the molecule is CNC(=O)Nc1ccc(/C=C/C(=O)N(C)C(C)c2cc3ccccc3[nH]2)cn1. The van der Waals surface area contributed by atoms with E-state index in [0.29, 0.717) is 5.82 Å². The van der Waals surface area contributed by atoms with Gasteiger partial charge >= 0.3 is 6.03 Å². The lowest BCUT2D eigenvalue weighted by atomic mass is 10.2. The maximum atomic E-state index is 12.5. The molecule has 0 aliphatic rings. The molecule has 0 radical (unpaired) electrons. The molecule has 28 heavy (non-hydrogen) atoms. The standard InChI is InChI=1S/C21H23N5O2/c1-14(18-12-16-6-4-5-7-17(16)24-18)26(3)20(27)11-9-15-8-10-19(23-13-15)25-21(28)22-2/h4-14,24H,1-3H3,(H2,22,23,25,28)/b11-9+. The van der Waals surface area contributed by atoms with Crippen molar-refractivity contribution in [3.05, 3.63) is 66.0 Å². The minimum atomic E-state index is -0.335. The zero-order chi connectivity index (χ0) is 20.1. The molecule has 144 valence electrons. The monoisotopic (exact) mass is 377 g/mol. The Morgan fingerprint density at radius 2 is 2.00 bits per heavy atom. The number of urea groups is 1. The van der Waals surface area contributed by atoms with Gasteiger partial charge in [0.05, 0.1) is 6.04 Å². The second kappa shape index (κ2) is 8.39. The van der Waals surface area contributed by atoms with Crippen LogP contribution in [0, 0.1) is 0 Å². The topological polar surface area (TPSA) is 90.1 Å². The van der Waals surface area contributed by atoms with Crippen molar-refractivity contribution in [3.63, 3.8) is 0 Å². The number of aromatic amines is 1. The lowest BCUT2D eigenvalue weighted by Crippen LogP contribution is -2.28. The van der Waals surface area contributed by atoms with E-state index in [9.17, 15) is 9.59 Å². The van der Waals surface area contributed by atoms with Gasteiger partial charge in [-0.2, -0.15) is 0 Å². The number of likely N-dealkylation sites (N-methyl/N-ethyl adjacent to an activating group) is 1. The quantitative estimate of drug-likeness (QED) is 0.594. The Kier molecular flexibility index (Phi) is 5.74. The molecule has 3 aromatic rings. The Morgan fingerprint density at radius 1 is 1.21 bits per heavy atom. The Balaban J connectivity index is 1.65. The van der Waals surface area contributed by atoms with E-state index in [-0.39, 0.29) is 18.0 Å². The number of para-hydroxylation sites is 1. The van der Waals surface area contributed by atoms with Crippen molar-refractivity contribution >= 4 is 34.7 Å². The van der Waals surface area contributed by atoms with Gasteiger partial charge in [-0.1, -0.05) is 18.2 Å². The van der Waals surface area contributed by atoms with E-state index in [1.807, 2.05) is 31.2 Å². The summed E-state index contributed by atoms with van der Waals surface area (Å²) >= 11 is 0. The average Bonchev–Trinajstić information content (AvgIpc) is 3.16. The number of carbonyl (C=O) groups is 2. The summed E-state index contributed by atoms with van der Waals surface area (Å²) in [4.78, 5) is 33.0. The molecule has 0 bridgehead atoms. The molecule has 3 amide bonds. The van der Waals surface area contributed by atoms with Gasteiger partial charge in [0.15, 0.2) is 0 Å². The Hall–Kier alpha value is -3.61. The van der Waals surface area contributed by atoms with Crippen LogP contribution in [0.2, 0.25) is 0 Å². The third-order valence-corrected chi connectivity index (χ3v) is 4.60. The second-order valence-electron chi connectivity index (χ2n) is 6.45. The fourth-order valence-corrected chi connectivity index (χ4v) is 2.76. The molecule has 0 fully saturated rings. The van der Waals surface area contributed by atoms with Crippen LogP contribution >= 0.6 is 0 Å². The normalized spacial score (nSPS) is 12.1. The first-order chi connectivity index (χ1) is 13.5. The third kappa shape index (κ3) is 4.37. The average molecular weight is 377 g/mol. The van der Waals surface area contributed by atoms with Gasteiger partial charge in [0.2, 0.25) is 5.91 Å². The van der Waals surface area contributed by atoms with E-state index in [1.54, 1.807) is 36.4 Å². The van der Waals surface area contributed by atoms with Crippen molar-refractivity contribution in [1.29, 1.82) is 0 Å². The number of amides is 3. The number of aromatic nitrogens is 2. The number of hydrogen-bond acceptors (Lipinski definition) is 3. The molecule has 0 aliphatic heterocycles. The number of carbonyl (C=O) groups excluding carboxylic acids is 2. The molecule has 2 aromatic heterocycles. The minimum Gasteiger partial charge on any atom is -0.357 e. The summed E-state index contributed by atoms with van der Waals surface area (Å²) < 4.78 is 0. The minimum absolute atomic E-state index is 0.0955. The summed E-state index contributed by atoms with van der Waals surface area (Å²) in [6.45, 7) is 1.98. The molecular formula is C21H23N5O2. The number of rotatable bonds is 5. The lowest BCUT2D eigenvalue weighted by Gasteiger charge is -2.22. The molecule has 7 heteroatoms. The number of nitrogens with one attached hydrogen (secondary N) is 3. The molecule has 1 unspecified atom stereocenters. The van der Waals surface area contributed by atoms with Gasteiger partial charge in [0.25, 0.3) is 0 Å². The molecule has 3 rings (SSSR count). The summed E-state index contributed by atoms with van der Waals surface area (Å²) in [5.41, 5.74) is 2.80. The van der Waals surface area contributed by atoms with Crippen molar-refractivity contribution in [2.24, 2.45) is 0 Å². The van der Waals surface area contributed by atoms with Crippen molar-refractivity contribution < 1.29 is 9.59 Å². The highest BCUT2D eigenvalue weighted by atomic mass is 16.2. The Labute approximate surface area is 163 Å². The Morgan fingerprint density at radius 3 is 2.68 bits per heavy atom. The predicted molar refractivity (Wildman–Crippen MR) is 111 cm³/mol. The molecule has 0 spiro atoms. The molecule has 2 heterocycles. The number of H-pyrrole nitrogens is 1. The van der Waals surface area contributed by atoms with Gasteiger partial charge in [0.1, 0.15) is 5.82 Å². The van der Waals surface area contributed by atoms with E-state index in [1.165, 1.54) is 13.1 Å². The van der Waals surface area contributed by atoms with E-state index in [2.05, 4.69) is 26.7 Å². The summed E-state index contributed by atoms with van der Waals surface area (Å²) in [5, 5.41) is 6.16. The van der Waals surface area contributed by atoms with Gasteiger partial charge in [-0.3, -0.25) is 10.1 Å². The highest BCUT2D eigenvalue weighted by Gasteiger charge is 2.17. The predicted octanol–water partition coefficient (Wildman–Crippen LogP) is 3.55. The number of fused-ring (bicyclic) bond motifs is 1. The van der Waals surface area contributed by atoms with Gasteiger partial charge < -0.3 is 15.2 Å². The van der Waals surface area contributed by atoms with E-state index < -0.39 is 0 Å². The lowest BCUT2D eigenvalue weighted by molar-refractivity contribution is -0.126. The maximum absolute atomic E-state index is 12.5. The molecular weight excluding hydrogens is 354 g/mol. The largest absolute Gasteiger partial charge is 0.357 e. The molecule has 0 saturated heterocycles. The van der Waals surface area contributed by atoms with Crippen LogP contribution in [0.25, 0.3) is 17.0 Å². The third-order valence-electron chi connectivity index (χ3n) is 4.60. The molecule has 3 N–H and O–H groups in total.